The first kappa shape index (κ1) is 23.5. The molecule has 0 spiro atoms. The molecule has 1 N–H and O–H groups in total. The molecule has 0 bridgehead atoms. The SMILES string of the molecule is CC(C)(C)c1ccc(OCC(=O)NCCOc2ccc3nnc(-c4ccccc4Cl)n3n2)cc1. The zero-order valence-electron chi connectivity index (χ0n) is 19.3. The third-order valence-electron chi connectivity index (χ3n) is 5.12. The van der Waals surface area contributed by atoms with Crippen LogP contribution in [0.2, 0.25) is 5.02 Å². The number of rotatable bonds is 8. The second-order valence-electron chi connectivity index (χ2n) is 8.71. The van der Waals surface area contributed by atoms with E-state index in [1.807, 2.05) is 42.5 Å². The lowest BCUT2D eigenvalue weighted by Gasteiger charge is -2.19. The normalized spacial score (nSPS) is 11.4. The summed E-state index contributed by atoms with van der Waals surface area (Å²) in [6, 6.07) is 18.6. The van der Waals surface area contributed by atoms with Crippen LogP contribution >= 0.6 is 11.6 Å². The minimum absolute atomic E-state index is 0.0685. The molecule has 9 heteroatoms. The first-order valence-corrected chi connectivity index (χ1v) is 11.3. The predicted molar refractivity (Wildman–Crippen MR) is 130 cm³/mol. The fraction of sp³-hybridized carbons (Fsp3) is 0.280. The van der Waals surface area contributed by atoms with Gasteiger partial charge in [0, 0.05) is 11.6 Å². The van der Waals surface area contributed by atoms with Crippen LogP contribution in [0.1, 0.15) is 26.3 Å². The van der Waals surface area contributed by atoms with E-state index in [-0.39, 0.29) is 24.5 Å². The average molecular weight is 480 g/mol. The Balaban J connectivity index is 1.26. The molecule has 0 atom stereocenters. The van der Waals surface area contributed by atoms with Crippen molar-refractivity contribution in [2.75, 3.05) is 19.8 Å². The standard InChI is InChI=1S/C25H26ClN5O3/c1-25(2,3)17-8-10-18(11-9-17)34-16-22(32)27-14-15-33-23-13-12-21-28-29-24(31(21)30-23)19-6-4-5-7-20(19)26/h4-13H,14-16H2,1-3H3,(H,27,32). The van der Waals surface area contributed by atoms with E-state index in [1.165, 1.54) is 5.56 Å². The molecule has 1 amide bonds. The van der Waals surface area contributed by atoms with Gasteiger partial charge in [0.1, 0.15) is 12.4 Å². The number of benzene rings is 2. The molecule has 2 heterocycles. The number of aromatic nitrogens is 4. The summed E-state index contributed by atoms with van der Waals surface area (Å²) >= 11 is 6.29. The number of hydrogen-bond donors (Lipinski definition) is 1. The van der Waals surface area contributed by atoms with Crippen molar-refractivity contribution in [1.29, 1.82) is 0 Å². The summed E-state index contributed by atoms with van der Waals surface area (Å²) in [6.45, 7) is 6.93. The summed E-state index contributed by atoms with van der Waals surface area (Å²) < 4.78 is 12.8. The minimum Gasteiger partial charge on any atom is -0.484 e. The summed E-state index contributed by atoms with van der Waals surface area (Å²) in [5.74, 6) is 1.32. The second-order valence-corrected chi connectivity index (χ2v) is 9.11. The van der Waals surface area contributed by atoms with Crippen LogP contribution < -0.4 is 14.8 Å². The van der Waals surface area contributed by atoms with Crippen molar-refractivity contribution in [3.63, 3.8) is 0 Å². The van der Waals surface area contributed by atoms with E-state index < -0.39 is 0 Å². The molecule has 0 saturated heterocycles. The molecule has 0 aliphatic carbocycles. The summed E-state index contributed by atoms with van der Waals surface area (Å²) in [5, 5.41) is 16.1. The monoisotopic (exact) mass is 479 g/mol. The number of ether oxygens (including phenoxy) is 2. The van der Waals surface area contributed by atoms with Crippen LogP contribution in [0, 0.1) is 0 Å². The highest BCUT2D eigenvalue weighted by molar-refractivity contribution is 6.33. The van der Waals surface area contributed by atoms with Crippen LogP contribution in [0.5, 0.6) is 11.6 Å². The first-order chi connectivity index (χ1) is 16.3. The van der Waals surface area contributed by atoms with E-state index in [2.05, 4.69) is 41.4 Å². The van der Waals surface area contributed by atoms with E-state index >= 15 is 0 Å². The van der Waals surface area contributed by atoms with Crippen LogP contribution in [0.3, 0.4) is 0 Å². The smallest absolute Gasteiger partial charge is 0.258 e. The predicted octanol–water partition coefficient (Wildman–Crippen LogP) is 4.32. The third kappa shape index (κ3) is 5.63. The molecule has 34 heavy (non-hydrogen) atoms. The van der Waals surface area contributed by atoms with E-state index in [1.54, 1.807) is 22.7 Å². The molecule has 0 saturated carbocycles. The number of halogens is 1. The Morgan fingerprint density at radius 2 is 1.76 bits per heavy atom. The molecule has 2 aromatic carbocycles. The Hall–Kier alpha value is -3.65. The van der Waals surface area contributed by atoms with Crippen LogP contribution in [-0.4, -0.2) is 45.5 Å². The number of hydrogen-bond acceptors (Lipinski definition) is 6. The Morgan fingerprint density at radius 1 is 1.00 bits per heavy atom. The lowest BCUT2D eigenvalue weighted by atomic mass is 9.87. The molecular weight excluding hydrogens is 454 g/mol. The molecule has 4 aromatic rings. The Labute approximate surface area is 202 Å². The van der Waals surface area contributed by atoms with E-state index in [0.717, 1.165) is 5.56 Å². The highest BCUT2D eigenvalue weighted by atomic mass is 35.5. The van der Waals surface area contributed by atoms with Crippen molar-refractivity contribution in [2.24, 2.45) is 0 Å². The molecule has 2 aromatic heterocycles. The maximum Gasteiger partial charge on any atom is 0.258 e. The Kier molecular flexibility index (Phi) is 6.98. The van der Waals surface area contributed by atoms with E-state index in [9.17, 15) is 4.79 Å². The number of carbonyl (C=O) groups excluding carboxylic acids is 1. The molecule has 0 aliphatic heterocycles. The number of amides is 1. The highest BCUT2D eigenvalue weighted by Gasteiger charge is 2.14. The van der Waals surface area contributed by atoms with E-state index in [0.29, 0.717) is 34.7 Å². The van der Waals surface area contributed by atoms with Crippen molar-refractivity contribution < 1.29 is 14.3 Å². The van der Waals surface area contributed by atoms with Gasteiger partial charge in [-0.25, -0.2) is 0 Å². The summed E-state index contributed by atoms with van der Waals surface area (Å²) in [7, 11) is 0. The second kappa shape index (κ2) is 10.1. The molecule has 0 fully saturated rings. The lowest BCUT2D eigenvalue weighted by Crippen LogP contribution is -2.32. The fourth-order valence-electron chi connectivity index (χ4n) is 3.26. The number of nitrogens with one attached hydrogen (secondary N) is 1. The van der Waals surface area contributed by atoms with E-state index in [4.69, 9.17) is 21.1 Å². The van der Waals surface area contributed by atoms with Gasteiger partial charge in [0.2, 0.25) is 5.88 Å². The van der Waals surface area contributed by atoms with Gasteiger partial charge in [-0.05, 0) is 41.3 Å². The molecule has 4 rings (SSSR count). The van der Waals surface area contributed by atoms with Crippen LogP contribution in [0.15, 0.2) is 60.7 Å². The number of carbonyl (C=O) groups is 1. The Morgan fingerprint density at radius 3 is 2.50 bits per heavy atom. The molecule has 8 nitrogen and oxygen atoms in total. The van der Waals surface area contributed by atoms with Gasteiger partial charge in [-0.1, -0.05) is 56.6 Å². The highest BCUT2D eigenvalue weighted by Crippen LogP contribution is 2.26. The lowest BCUT2D eigenvalue weighted by molar-refractivity contribution is -0.123. The summed E-state index contributed by atoms with van der Waals surface area (Å²) in [5.41, 5.74) is 2.57. The fourth-order valence-corrected chi connectivity index (χ4v) is 3.48. The Bertz CT molecular complexity index is 1280. The van der Waals surface area contributed by atoms with Gasteiger partial charge in [0.05, 0.1) is 11.6 Å². The molecule has 0 radical (unpaired) electrons. The van der Waals surface area contributed by atoms with Crippen molar-refractivity contribution in [3.8, 4) is 23.0 Å². The summed E-state index contributed by atoms with van der Waals surface area (Å²) in [6.07, 6.45) is 0. The average Bonchev–Trinajstić information content (AvgIpc) is 3.23. The first-order valence-electron chi connectivity index (χ1n) is 10.9. The largest absolute Gasteiger partial charge is 0.484 e. The van der Waals surface area contributed by atoms with Crippen molar-refractivity contribution in [2.45, 2.75) is 26.2 Å². The van der Waals surface area contributed by atoms with Crippen molar-refractivity contribution in [3.05, 3.63) is 71.2 Å². The van der Waals surface area contributed by atoms with Gasteiger partial charge in [0.25, 0.3) is 5.91 Å². The third-order valence-corrected chi connectivity index (χ3v) is 5.45. The van der Waals surface area contributed by atoms with Gasteiger partial charge < -0.3 is 14.8 Å². The van der Waals surface area contributed by atoms with Gasteiger partial charge in [-0.15, -0.1) is 15.3 Å². The zero-order chi connectivity index (χ0) is 24.1. The van der Waals surface area contributed by atoms with Gasteiger partial charge >= 0.3 is 0 Å². The van der Waals surface area contributed by atoms with Crippen molar-refractivity contribution >= 4 is 23.2 Å². The topological polar surface area (TPSA) is 90.6 Å². The quantitative estimate of drug-likeness (QED) is 0.378. The van der Waals surface area contributed by atoms with Gasteiger partial charge in [-0.2, -0.15) is 4.52 Å². The van der Waals surface area contributed by atoms with Crippen LogP contribution in [0.25, 0.3) is 17.0 Å². The molecule has 0 unspecified atom stereocenters. The number of nitrogens with zero attached hydrogens (tertiary/aromatic N) is 4. The van der Waals surface area contributed by atoms with Crippen molar-refractivity contribution in [1.82, 2.24) is 25.1 Å². The number of fused-ring (bicyclic) bond motifs is 1. The maximum atomic E-state index is 12.1. The maximum absolute atomic E-state index is 12.1. The van der Waals surface area contributed by atoms with Gasteiger partial charge in [0.15, 0.2) is 18.1 Å². The van der Waals surface area contributed by atoms with Crippen LogP contribution in [-0.2, 0) is 10.2 Å². The molecular formula is C25H26ClN5O3. The van der Waals surface area contributed by atoms with Crippen LogP contribution in [0.4, 0.5) is 0 Å². The summed E-state index contributed by atoms with van der Waals surface area (Å²) in [4.78, 5) is 12.1. The zero-order valence-corrected chi connectivity index (χ0v) is 20.0. The molecule has 176 valence electrons. The minimum atomic E-state index is -0.230. The molecule has 0 aliphatic rings. The van der Waals surface area contributed by atoms with Gasteiger partial charge in [-0.3, -0.25) is 4.79 Å².